The molecule has 0 aliphatic carbocycles. The minimum Gasteiger partial charge on any atom is -0.381 e. The average molecular weight is 457 g/mol. The lowest BCUT2D eigenvalue weighted by Gasteiger charge is -2.09. The number of aromatic nitrogens is 4. The van der Waals surface area contributed by atoms with E-state index in [4.69, 9.17) is 5.73 Å². The van der Waals surface area contributed by atoms with Gasteiger partial charge < -0.3 is 5.73 Å². The standard InChI is InChI=1S/C23H19F4N5O/c1-13-6-14(9-17(33)2-4-23(25,26)27)8-16(7-13)19-12-29-20-10-15(3-5-32(19)20)22-30-11-18(24)21(28)31-22/h3,5-8,10-12H,2,4,9H2,1H3,(H2,28,30,31). The molecule has 0 radical (unpaired) electrons. The number of carbonyl (C=O) groups excluding carboxylic acids is 1. The first-order valence-electron chi connectivity index (χ1n) is 10.0. The van der Waals surface area contributed by atoms with E-state index in [2.05, 4.69) is 15.0 Å². The van der Waals surface area contributed by atoms with Gasteiger partial charge in [-0.3, -0.25) is 9.20 Å². The first-order valence-corrected chi connectivity index (χ1v) is 10.0. The molecule has 170 valence electrons. The minimum absolute atomic E-state index is 0.0744. The van der Waals surface area contributed by atoms with Crippen molar-refractivity contribution in [2.75, 3.05) is 5.73 Å². The first kappa shape index (κ1) is 22.4. The van der Waals surface area contributed by atoms with Gasteiger partial charge in [-0.1, -0.05) is 11.6 Å². The number of hydrogen-bond acceptors (Lipinski definition) is 5. The monoisotopic (exact) mass is 457 g/mol. The van der Waals surface area contributed by atoms with Crippen molar-refractivity contribution in [1.82, 2.24) is 19.4 Å². The molecule has 0 aliphatic rings. The maximum absolute atomic E-state index is 13.4. The van der Waals surface area contributed by atoms with Crippen molar-refractivity contribution in [1.29, 1.82) is 0 Å². The van der Waals surface area contributed by atoms with Crippen LogP contribution in [0.4, 0.5) is 23.4 Å². The third-order valence-electron chi connectivity index (χ3n) is 5.06. The summed E-state index contributed by atoms with van der Waals surface area (Å²) in [5.74, 6) is -1.16. The predicted molar refractivity (Wildman–Crippen MR) is 115 cm³/mol. The van der Waals surface area contributed by atoms with E-state index in [1.54, 1.807) is 36.7 Å². The summed E-state index contributed by atoms with van der Waals surface area (Å²) >= 11 is 0. The van der Waals surface area contributed by atoms with Gasteiger partial charge in [-0.15, -0.1) is 0 Å². The molecule has 0 amide bonds. The third-order valence-corrected chi connectivity index (χ3v) is 5.06. The Labute approximate surface area is 186 Å². The molecule has 3 aromatic heterocycles. The normalized spacial score (nSPS) is 11.8. The Morgan fingerprint density at radius 1 is 1.09 bits per heavy atom. The van der Waals surface area contributed by atoms with Crippen LogP contribution in [0.25, 0.3) is 28.3 Å². The summed E-state index contributed by atoms with van der Waals surface area (Å²) in [7, 11) is 0. The Hall–Kier alpha value is -3.82. The molecule has 2 N–H and O–H groups in total. The lowest BCUT2D eigenvalue weighted by molar-refractivity contribution is -0.143. The zero-order valence-electron chi connectivity index (χ0n) is 17.5. The number of nitrogen functional groups attached to an aromatic ring is 1. The van der Waals surface area contributed by atoms with Crippen molar-refractivity contribution in [3.63, 3.8) is 0 Å². The van der Waals surface area contributed by atoms with Crippen LogP contribution in [0, 0.1) is 12.7 Å². The van der Waals surface area contributed by atoms with Gasteiger partial charge in [-0.2, -0.15) is 13.2 Å². The Kier molecular flexibility index (Phi) is 5.84. The molecule has 0 atom stereocenters. The van der Waals surface area contributed by atoms with Crippen LogP contribution in [0.1, 0.15) is 24.0 Å². The second-order valence-corrected chi connectivity index (χ2v) is 7.75. The second-order valence-electron chi connectivity index (χ2n) is 7.75. The number of alkyl halides is 3. The third kappa shape index (κ3) is 5.16. The molecule has 3 heterocycles. The van der Waals surface area contributed by atoms with Gasteiger partial charge >= 0.3 is 6.18 Å². The van der Waals surface area contributed by atoms with Gasteiger partial charge in [0.25, 0.3) is 0 Å². The van der Waals surface area contributed by atoms with Crippen molar-refractivity contribution >= 4 is 17.2 Å². The van der Waals surface area contributed by atoms with Crippen LogP contribution in [0.15, 0.2) is 48.9 Å². The van der Waals surface area contributed by atoms with E-state index in [1.165, 1.54) is 0 Å². The van der Waals surface area contributed by atoms with Crippen molar-refractivity contribution in [2.24, 2.45) is 0 Å². The van der Waals surface area contributed by atoms with Crippen LogP contribution in [0.3, 0.4) is 0 Å². The fraction of sp³-hybridized carbons (Fsp3) is 0.217. The highest BCUT2D eigenvalue weighted by molar-refractivity contribution is 5.81. The van der Waals surface area contributed by atoms with Crippen molar-refractivity contribution in [2.45, 2.75) is 32.4 Å². The van der Waals surface area contributed by atoms with Gasteiger partial charge in [0.15, 0.2) is 17.5 Å². The number of benzene rings is 1. The molecule has 0 saturated carbocycles. The molecule has 0 unspecified atom stereocenters. The molecule has 0 aliphatic heterocycles. The molecule has 10 heteroatoms. The molecule has 4 aromatic rings. The summed E-state index contributed by atoms with van der Waals surface area (Å²) < 4.78 is 52.4. The van der Waals surface area contributed by atoms with Gasteiger partial charge in [-0.25, -0.2) is 19.3 Å². The minimum atomic E-state index is -4.35. The van der Waals surface area contributed by atoms with E-state index in [-0.39, 0.29) is 18.1 Å². The Bertz CT molecular complexity index is 1350. The molecule has 0 fully saturated rings. The van der Waals surface area contributed by atoms with Gasteiger partial charge in [-0.05, 0) is 36.8 Å². The summed E-state index contributed by atoms with van der Waals surface area (Å²) in [6.07, 6.45) is -1.67. The average Bonchev–Trinajstić information content (AvgIpc) is 3.16. The number of nitrogens with zero attached hydrogens (tertiary/aromatic N) is 4. The number of halogens is 4. The number of carbonyl (C=O) groups is 1. The van der Waals surface area contributed by atoms with E-state index in [9.17, 15) is 22.4 Å². The number of hydrogen-bond donors (Lipinski definition) is 1. The van der Waals surface area contributed by atoms with E-state index < -0.39 is 30.6 Å². The highest BCUT2D eigenvalue weighted by Gasteiger charge is 2.27. The number of rotatable bonds is 6. The number of pyridine rings is 1. The summed E-state index contributed by atoms with van der Waals surface area (Å²) in [5, 5.41) is 0. The molecule has 4 rings (SSSR count). The van der Waals surface area contributed by atoms with Gasteiger partial charge in [0.05, 0.1) is 24.5 Å². The second kappa shape index (κ2) is 8.61. The van der Waals surface area contributed by atoms with Crippen molar-refractivity contribution < 1.29 is 22.4 Å². The van der Waals surface area contributed by atoms with Crippen molar-refractivity contribution in [3.05, 3.63) is 65.9 Å². The molecule has 1 aromatic carbocycles. The maximum Gasteiger partial charge on any atom is 0.389 e. The van der Waals surface area contributed by atoms with Crippen LogP contribution in [0.2, 0.25) is 0 Å². The number of nitrogens with two attached hydrogens (primary N) is 1. The predicted octanol–water partition coefficient (Wildman–Crippen LogP) is 4.94. The smallest absolute Gasteiger partial charge is 0.381 e. The summed E-state index contributed by atoms with van der Waals surface area (Å²) in [5.41, 5.74) is 9.73. The Morgan fingerprint density at radius 3 is 2.61 bits per heavy atom. The zero-order chi connectivity index (χ0) is 23.8. The number of Topliss-reactive ketones (excluding diaryl/α,β-unsaturated/α-hetero) is 1. The van der Waals surface area contributed by atoms with E-state index in [0.717, 1.165) is 23.0 Å². The Balaban J connectivity index is 1.62. The van der Waals surface area contributed by atoms with Gasteiger partial charge in [0.1, 0.15) is 11.4 Å². The van der Waals surface area contributed by atoms with Gasteiger partial charge in [0.2, 0.25) is 0 Å². The quantitative estimate of drug-likeness (QED) is 0.415. The van der Waals surface area contributed by atoms with E-state index in [1.807, 2.05) is 17.4 Å². The van der Waals surface area contributed by atoms with Crippen LogP contribution >= 0.6 is 0 Å². The summed E-state index contributed by atoms with van der Waals surface area (Å²) in [6.45, 7) is 1.85. The molecular formula is C23H19F4N5O. The number of aryl methyl sites for hydroxylation is 1. The molecule has 0 saturated heterocycles. The summed E-state index contributed by atoms with van der Waals surface area (Å²) in [4.78, 5) is 24.3. The van der Waals surface area contributed by atoms with Crippen LogP contribution in [0.5, 0.6) is 0 Å². The SMILES string of the molecule is Cc1cc(CC(=O)CCC(F)(F)F)cc(-c2cnc3cc(-c4ncc(F)c(N)n4)ccn23)c1. The molecule has 6 nitrogen and oxygen atoms in total. The summed E-state index contributed by atoms with van der Waals surface area (Å²) in [6, 6.07) is 8.94. The first-order chi connectivity index (χ1) is 15.6. The van der Waals surface area contributed by atoms with Crippen LogP contribution < -0.4 is 5.73 Å². The number of fused-ring (bicyclic) bond motifs is 1. The maximum atomic E-state index is 13.4. The largest absolute Gasteiger partial charge is 0.389 e. The van der Waals surface area contributed by atoms with Crippen LogP contribution in [-0.4, -0.2) is 31.3 Å². The number of anilines is 1. The fourth-order valence-electron chi connectivity index (χ4n) is 3.56. The number of ketones is 1. The van der Waals surface area contributed by atoms with Gasteiger partial charge in [0, 0.05) is 30.2 Å². The molecule has 0 spiro atoms. The molecule has 33 heavy (non-hydrogen) atoms. The van der Waals surface area contributed by atoms with Crippen LogP contribution in [-0.2, 0) is 11.2 Å². The lowest BCUT2D eigenvalue weighted by Crippen LogP contribution is -2.12. The lowest BCUT2D eigenvalue weighted by atomic mass is 9.99. The highest BCUT2D eigenvalue weighted by atomic mass is 19.4. The topological polar surface area (TPSA) is 86.2 Å². The van der Waals surface area contributed by atoms with E-state index >= 15 is 0 Å². The van der Waals surface area contributed by atoms with Crippen molar-refractivity contribution in [3.8, 4) is 22.6 Å². The van der Waals surface area contributed by atoms with E-state index in [0.29, 0.717) is 16.8 Å². The zero-order valence-corrected chi connectivity index (χ0v) is 17.5. The fourth-order valence-corrected chi connectivity index (χ4v) is 3.56. The molecule has 0 bridgehead atoms. The number of imidazole rings is 1. The molecular weight excluding hydrogens is 438 g/mol. The highest BCUT2D eigenvalue weighted by Crippen LogP contribution is 2.27. The Morgan fingerprint density at radius 2 is 1.88 bits per heavy atom.